The Hall–Kier alpha value is -1.34. The highest BCUT2D eigenvalue weighted by Gasteiger charge is 2.20. The van der Waals surface area contributed by atoms with Gasteiger partial charge < -0.3 is 4.74 Å². The molecule has 1 aliphatic rings. The van der Waals surface area contributed by atoms with Gasteiger partial charge in [-0.3, -0.25) is 0 Å². The first kappa shape index (κ1) is 18.0. The minimum atomic E-state index is 0.702. The fourth-order valence-electron chi connectivity index (χ4n) is 3.33. The highest BCUT2D eigenvalue weighted by atomic mass is 16.5. The molecule has 0 radical (unpaired) electrons. The average Bonchev–Trinajstić information content (AvgIpc) is 2.60. The highest BCUT2D eigenvalue weighted by Crippen LogP contribution is 2.36. The molecule has 1 nitrogen and oxygen atoms in total. The molecule has 0 N–H and O–H groups in total. The van der Waals surface area contributed by atoms with E-state index in [0.717, 1.165) is 11.8 Å². The first-order valence-corrected chi connectivity index (χ1v) is 9.27. The Morgan fingerprint density at radius 1 is 1.04 bits per heavy atom. The van der Waals surface area contributed by atoms with Crippen LogP contribution in [0.3, 0.4) is 0 Å². The number of hydrogen-bond acceptors (Lipinski definition) is 1. The van der Waals surface area contributed by atoms with Gasteiger partial charge in [-0.05, 0) is 62.0 Å². The van der Waals surface area contributed by atoms with Crippen LogP contribution in [0.25, 0.3) is 0 Å². The van der Waals surface area contributed by atoms with Gasteiger partial charge in [0.1, 0.15) is 0 Å². The number of allylic oxidation sites excluding steroid dienone is 3. The zero-order chi connectivity index (χ0) is 16.3. The maximum Gasteiger partial charge on any atom is 0.0721 e. The van der Waals surface area contributed by atoms with Crippen molar-refractivity contribution in [1.29, 1.82) is 0 Å². The van der Waals surface area contributed by atoms with Crippen LogP contribution in [0.2, 0.25) is 0 Å². The van der Waals surface area contributed by atoms with Gasteiger partial charge >= 0.3 is 0 Å². The van der Waals surface area contributed by atoms with E-state index in [-0.39, 0.29) is 0 Å². The molecule has 1 aromatic rings. The molecule has 0 amide bonds. The molecule has 1 heteroatoms. The lowest BCUT2D eigenvalue weighted by atomic mass is 9.78. The van der Waals surface area contributed by atoms with Crippen LogP contribution in [-0.4, -0.2) is 6.61 Å². The Labute approximate surface area is 142 Å². The quantitative estimate of drug-likeness (QED) is 0.398. The molecule has 1 fully saturated rings. The second-order valence-corrected chi connectivity index (χ2v) is 6.65. The maximum absolute atomic E-state index is 5.61. The summed E-state index contributed by atoms with van der Waals surface area (Å²) < 4.78 is 5.61. The van der Waals surface area contributed by atoms with Crippen molar-refractivity contribution in [2.45, 2.75) is 64.9 Å². The molecule has 2 rings (SSSR count). The molecule has 0 aliphatic heterocycles. The highest BCUT2D eigenvalue weighted by molar-refractivity contribution is 5.25. The van der Waals surface area contributed by atoms with Gasteiger partial charge in [0.2, 0.25) is 0 Å². The molecule has 1 aromatic carbocycles. The van der Waals surface area contributed by atoms with Crippen LogP contribution < -0.4 is 0 Å². The van der Waals surface area contributed by atoms with E-state index in [9.17, 15) is 0 Å². The predicted molar refractivity (Wildman–Crippen MR) is 99.7 cm³/mol. The molecular weight excluding hydrogens is 280 g/mol. The summed E-state index contributed by atoms with van der Waals surface area (Å²) in [5.41, 5.74) is 2.78. The third-order valence-electron chi connectivity index (χ3n) is 4.81. The molecule has 1 saturated carbocycles. The smallest absolute Gasteiger partial charge is 0.0721 e. The van der Waals surface area contributed by atoms with Crippen LogP contribution in [0.15, 0.2) is 48.6 Å². The van der Waals surface area contributed by atoms with E-state index >= 15 is 0 Å². The number of unbranched alkanes of at least 4 members (excludes halogenated alkanes) is 1. The number of ether oxygens (including phenoxy) is 1. The minimum absolute atomic E-state index is 0.702. The van der Waals surface area contributed by atoms with Crippen molar-refractivity contribution in [3.8, 4) is 0 Å². The van der Waals surface area contributed by atoms with E-state index in [1.807, 2.05) is 19.1 Å². The Balaban J connectivity index is 1.77. The summed E-state index contributed by atoms with van der Waals surface area (Å²) >= 11 is 0. The summed E-state index contributed by atoms with van der Waals surface area (Å²) in [5, 5.41) is 0. The predicted octanol–water partition coefficient (Wildman–Crippen LogP) is 6.41. The van der Waals surface area contributed by atoms with Gasteiger partial charge in [-0.2, -0.15) is 0 Å². The van der Waals surface area contributed by atoms with Gasteiger partial charge in [0, 0.05) is 0 Å². The molecule has 23 heavy (non-hydrogen) atoms. The molecule has 0 unspecified atom stereocenters. The Morgan fingerprint density at radius 2 is 1.78 bits per heavy atom. The fraction of sp³-hybridized carbons (Fsp3) is 0.545. The van der Waals surface area contributed by atoms with E-state index in [1.54, 1.807) is 0 Å². The molecule has 0 spiro atoms. The van der Waals surface area contributed by atoms with Crippen LogP contribution in [0.5, 0.6) is 0 Å². The molecule has 0 heterocycles. The third-order valence-corrected chi connectivity index (χ3v) is 4.81. The first-order chi connectivity index (χ1) is 11.3. The first-order valence-electron chi connectivity index (χ1n) is 9.27. The van der Waals surface area contributed by atoms with Crippen LogP contribution in [0.1, 0.15) is 69.4 Å². The SMILES string of the molecule is CC=CCOCc1ccc([C@H]2CC[C@H](C=CCCC)CC2)cc1. The third kappa shape index (κ3) is 6.35. The van der Waals surface area contributed by atoms with Crippen molar-refractivity contribution < 1.29 is 4.74 Å². The Morgan fingerprint density at radius 3 is 2.43 bits per heavy atom. The van der Waals surface area contributed by atoms with Crippen molar-refractivity contribution in [2.24, 2.45) is 5.92 Å². The topological polar surface area (TPSA) is 9.23 Å². The molecule has 0 saturated heterocycles. The molecule has 0 aromatic heterocycles. The molecular formula is C22H32O. The Kier molecular flexibility index (Phi) is 8.17. The van der Waals surface area contributed by atoms with E-state index in [0.29, 0.717) is 13.2 Å². The normalized spacial score (nSPS) is 22.2. The van der Waals surface area contributed by atoms with Crippen LogP contribution in [0, 0.1) is 5.92 Å². The summed E-state index contributed by atoms with van der Waals surface area (Å²) in [5.74, 6) is 1.57. The standard InChI is InChI=1S/C22H32O/c1-3-5-7-8-19-9-13-21(14-10-19)22-15-11-20(12-16-22)18-23-17-6-4-2/h4,6-8,11-12,15-16,19,21H,3,5,9-10,13-14,17-18H2,1-2H3/t19-,21-. The summed E-state index contributed by atoms with van der Waals surface area (Å²) in [7, 11) is 0. The van der Waals surface area contributed by atoms with Gasteiger partial charge in [0.15, 0.2) is 0 Å². The largest absolute Gasteiger partial charge is 0.373 e. The lowest BCUT2D eigenvalue weighted by Crippen LogP contribution is -2.11. The monoisotopic (exact) mass is 312 g/mol. The van der Waals surface area contributed by atoms with E-state index in [2.05, 4.69) is 43.3 Å². The summed E-state index contributed by atoms with van der Waals surface area (Å²) in [4.78, 5) is 0. The van der Waals surface area contributed by atoms with Gasteiger partial charge in [-0.15, -0.1) is 0 Å². The molecule has 0 bridgehead atoms. The second kappa shape index (κ2) is 10.4. The fourth-order valence-corrected chi connectivity index (χ4v) is 3.33. The van der Waals surface area contributed by atoms with Crippen LogP contribution >= 0.6 is 0 Å². The second-order valence-electron chi connectivity index (χ2n) is 6.65. The van der Waals surface area contributed by atoms with E-state index < -0.39 is 0 Å². The van der Waals surface area contributed by atoms with Gasteiger partial charge in [-0.1, -0.05) is 61.9 Å². The van der Waals surface area contributed by atoms with Gasteiger partial charge in [-0.25, -0.2) is 0 Å². The van der Waals surface area contributed by atoms with Crippen molar-refractivity contribution in [3.63, 3.8) is 0 Å². The van der Waals surface area contributed by atoms with Crippen LogP contribution in [-0.2, 0) is 11.3 Å². The summed E-state index contributed by atoms with van der Waals surface area (Å²) in [6.45, 7) is 5.68. The zero-order valence-corrected chi connectivity index (χ0v) is 14.8. The van der Waals surface area contributed by atoms with Crippen molar-refractivity contribution in [1.82, 2.24) is 0 Å². The van der Waals surface area contributed by atoms with Crippen LogP contribution in [0.4, 0.5) is 0 Å². The molecule has 1 aliphatic carbocycles. The van der Waals surface area contributed by atoms with Gasteiger partial charge in [0.25, 0.3) is 0 Å². The molecule has 0 atom stereocenters. The number of rotatable bonds is 8. The van der Waals surface area contributed by atoms with Gasteiger partial charge in [0.05, 0.1) is 13.2 Å². The van der Waals surface area contributed by atoms with Crippen molar-refractivity contribution >= 4 is 0 Å². The lowest BCUT2D eigenvalue weighted by Gasteiger charge is -2.27. The lowest BCUT2D eigenvalue weighted by molar-refractivity contribution is 0.148. The van der Waals surface area contributed by atoms with Crippen molar-refractivity contribution in [3.05, 3.63) is 59.7 Å². The Bertz CT molecular complexity index is 475. The zero-order valence-electron chi connectivity index (χ0n) is 14.8. The number of hydrogen-bond donors (Lipinski definition) is 0. The minimum Gasteiger partial charge on any atom is -0.373 e. The average molecular weight is 312 g/mol. The summed E-state index contributed by atoms with van der Waals surface area (Å²) in [6, 6.07) is 9.09. The van der Waals surface area contributed by atoms with Crippen molar-refractivity contribution in [2.75, 3.05) is 6.61 Å². The van der Waals surface area contributed by atoms with E-state index in [1.165, 1.54) is 49.7 Å². The van der Waals surface area contributed by atoms with E-state index in [4.69, 9.17) is 4.74 Å². The number of benzene rings is 1. The maximum atomic E-state index is 5.61. The molecule has 126 valence electrons. The summed E-state index contributed by atoms with van der Waals surface area (Å²) in [6.07, 6.45) is 16.8.